The highest BCUT2D eigenvalue weighted by atomic mass is 35.5. The summed E-state index contributed by atoms with van der Waals surface area (Å²) in [5.74, 6) is -0.337. The van der Waals surface area contributed by atoms with E-state index in [1.165, 1.54) is 0 Å². The molecule has 0 unspecified atom stereocenters. The van der Waals surface area contributed by atoms with Crippen molar-refractivity contribution in [1.29, 1.82) is 0 Å². The van der Waals surface area contributed by atoms with E-state index in [0.717, 1.165) is 18.4 Å². The second-order valence-electron chi connectivity index (χ2n) is 6.47. The average molecular weight is 390 g/mol. The smallest absolute Gasteiger partial charge is 0.256 e. The fourth-order valence-electron chi connectivity index (χ4n) is 2.90. The lowest BCUT2D eigenvalue weighted by Gasteiger charge is -2.23. The van der Waals surface area contributed by atoms with Crippen molar-refractivity contribution < 1.29 is 14.3 Å². The zero-order chi connectivity index (χ0) is 18.5. The quantitative estimate of drug-likeness (QED) is 0.700. The molecule has 3 rings (SSSR count). The van der Waals surface area contributed by atoms with Crippen molar-refractivity contribution >= 4 is 35.6 Å². The minimum Gasteiger partial charge on any atom is -0.399 e. The molecule has 0 saturated carbocycles. The van der Waals surface area contributed by atoms with Crippen LogP contribution in [0.4, 0.5) is 11.4 Å². The van der Waals surface area contributed by atoms with Gasteiger partial charge in [0.2, 0.25) is 0 Å². The van der Waals surface area contributed by atoms with Gasteiger partial charge in [0.1, 0.15) is 0 Å². The SMILES string of the molecule is Cc1ccc(N)cc1C(=O)Nc1ccc(C(=O)NC2CCOCC2)cc1.Cl. The molecule has 7 heteroatoms. The first-order valence-electron chi connectivity index (χ1n) is 8.69. The van der Waals surface area contributed by atoms with Gasteiger partial charge in [-0.3, -0.25) is 9.59 Å². The molecule has 6 nitrogen and oxygen atoms in total. The van der Waals surface area contributed by atoms with Gasteiger partial charge in [-0.2, -0.15) is 0 Å². The van der Waals surface area contributed by atoms with E-state index >= 15 is 0 Å². The molecule has 0 atom stereocenters. The summed E-state index contributed by atoms with van der Waals surface area (Å²) < 4.78 is 5.29. The van der Waals surface area contributed by atoms with E-state index in [0.29, 0.717) is 35.7 Å². The summed E-state index contributed by atoms with van der Waals surface area (Å²) >= 11 is 0. The van der Waals surface area contributed by atoms with E-state index in [-0.39, 0.29) is 30.3 Å². The molecule has 1 aliphatic heterocycles. The highest BCUT2D eigenvalue weighted by Gasteiger charge is 2.17. The van der Waals surface area contributed by atoms with Crippen molar-refractivity contribution in [3.05, 3.63) is 59.2 Å². The molecule has 1 aliphatic rings. The maximum Gasteiger partial charge on any atom is 0.256 e. The zero-order valence-electron chi connectivity index (χ0n) is 15.2. The van der Waals surface area contributed by atoms with Gasteiger partial charge < -0.3 is 21.1 Å². The summed E-state index contributed by atoms with van der Waals surface area (Å²) in [6.07, 6.45) is 1.67. The Morgan fingerprint density at radius 3 is 2.37 bits per heavy atom. The van der Waals surface area contributed by atoms with Crippen molar-refractivity contribution in [3.63, 3.8) is 0 Å². The number of hydrogen-bond acceptors (Lipinski definition) is 4. The largest absolute Gasteiger partial charge is 0.399 e. The number of anilines is 2. The van der Waals surface area contributed by atoms with Crippen molar-refractivity contribution in [2.45, 2.75) is 25.8 Å². The number of carbonyl (C=O) groups excluding carboxylic acids is 2. The van der Waals surface area contributed by atoms with Gasteiger partial charge in [-0.15, -0.1) is 12.4 Å². The van der Waals surface area contributed by atoms with Gasteiger partial charge in [0, 0.05) is 41.8 Å². The number of halogens is 1. The minimum atomic E-state index is -0.228. The molecule has 2 amide bonds. The second-order valence-corrected chi connectivity index (χ2v) is 6.47. The Morgan fingerprint density at radius 2 is 1.70 bits per heavy atom. The van der Waals surface area contributed by atoms with Gasteiger partial charge in [0.05, 0.1) is 0 Å². The predicted octanol–water partition coefficient (Wildman–Crippen LogP) is 3.16. The molecule has 2 aromatic rings. The number of carbonyl (C=O) groups is 2. The van der Waals surface area contributed by atoms with Gasteiger partial charge in [-0.25, -0.2) is 0 Å². The number of amides is 2. The number of rotatable bonds is 4. The topological polar surface area (TPSA) is 93.5 Å². The van der Waals surface area contributed by atoms with Crippen molar-refractivity contribution in [3.8, 4) is 0 Å². The Morgan fingerprint density at radius 1 is 1.04 bits per heavy atom. The van der Waals surface area contributed by atoms with Crippen LogP contribution in [0, 0.1) is 6.92 Å². The highest BCUT2D eigenvalue weighted by Crippen LogP contribution is 2.16. The van der Waals surface area contributed by atoms with Crippen molar-refractivity contribution in [1.82, 2.24) is 5.32 Å². The third kappa shape index (κ3) is 5.45. The van der Waals surface area contributed by atoms with Crippen molar-refractivity contribution in [2.75, 3.05) is 24.3 Å². The number of hydrogen-bond donors (Lipinski definition) is 3. The minimum absolute atomic E-state index is 0. The van der Waals surface area contributed by atoms with Crippen molar-refractivity contribution in [2.24, 2.45) is 0 Å². The fraction of sp³-hybridized carbons (Fsp3) is 0.300. The average Bonchev–Trinajstić information content (AvgIpc) is 2.65. The molecule has 0 radical (unpaired) electrons. The molecule has 0 aromatic heterocycles. The monoisotopic (exact) mass is 389 g/mol. The van der Waals surface area contributed by atoms with Crippen LogP contribution in [0.1, 0.15) is 39.1 Å². The molecular formula is C20H24ClN3O3. The van der Waals surface area contributed by atoms with Gasteiger partial charge in [0.15, 0.2) is 0 Å². The van der Waals surface area contributed by atoms with Gasteiger partial charge in [-0.05, 0) is 61.7 Å². The third-order valence-corrected chi connectivity index (χ3v) is 4.47. The van der Waals surface area contributed by atoms with Crippen LogP contribution in [-0.2, 0) is 4.74 Å². The Labute approximate surface area is 164 Å². The number of benzene rings is 2. The third-order valence-electron chi connectivity index (χ3n) is 4.47. The molecule has 1 heterocycles. The van der Waals surface area contributed by atoms with E-state index in [1.807, 2.05) is 13.0 Å². The molecule has 1 fully saturated rings. The Bertz CT molecular complexity index is 803. The molecular weight excluding hydrogens is 366 g/mol. The van der Waals surface area contributed by atoms with Crippen LogP contribution in [-0.4, -0.2) is 31.1 Å². The normalized spacial score (nSPS) is 14.1. The first-order chi connectivity index (χ1) is 12.5. The molecule has 4 N–H and O–H groups in total. The van der Waals surface area contributed by atoms with E-state index in [9.17, 15) is 9.59 Å². The summed E-state index contributed by atoms with van der Waals surface area (Å²) in [7, 11) is 0. The zero-order valence-corrected chi connectivity index (χ0v) is 16.0. The maximum absolute atomic E-state index is 12.4. The summed E-state index contributed by atoms with van der Waals surface area (Å²) in [5.41, 5.74) is 8.87. The molecule has 0 aliphatic carbocycles. The summed E-state index contributed by atoms with van der Waals surface area (Å²) in [6.45, 7) is 3.22. The van der Waals surface area contributed by atoms with Crippen LogP contribution in [0.3, 0.4) is 0 Å². The van der Waals surface area contributed by atoms with Gasteiger partial charge in [0.25, 0.3) is 11.8 Å². The van der Waals surface area contributed by atoms with Gasteiger partial charge in [-0.1, -0.05) is 6.07 Å². The predicted molar refractivity (Wildman–Crippen MR) is 109 cm³/mol. The Hall–Kier alpha value is -2.57. The second kappa shape index (κ2) is 9.39. The molecule has 0 spiro atoms. The molecule has 1 saturated heterocycles. The van der Waals surface area contributed by atoms with Crippen LogP contribution in [0.5, 0.6) is 0 Å². The lowest BCUT2D eigenvalue weighted by atomic mass is 10.1. The lowest BCUT2D eigenvalue weighted by Crippen LogP contribution is -2.38. The molecule has 2 aromatic carbocycles. The number of aryl methyl sites for hydroxylation is 1. The summed E-state index contributed by atoms with van der Waals surface area (Å²) in [5, 5.41) is 5.85. The van der Waals surface area contributed by atoms with Crippen LogP contribution in [0.15, 0.2) is 42.5 Å². The summed E-state index contributed by atoms with van der Waals surface area (Å²) in [4.78, 5) is 24.7. The molecule has 27 heavy (non-hydrogen) atoms. The van der Waals surface area contributed by atoms with E-state index in [4.69, 9.17) is 10.5 Å². The first-order valence-corrected chi connectivity index (χ1v) is 8.69. The van der Waals surface area contributed by atoms with Crippen LogP contribution in [0.2, 0.25) is 0 Å². The highest BCUT2D eigenvalue weighted by molar-refractivity contribution is 6.06. The van der Waals surface area contributed by atoms with E-state index in [1.54, 1.807) is 36.4 Å². The van der Waals surface area contributed by atoms with E-state index in [2.05, 4.69) is 10.6 Å². The number of nitrogen functional groups attached to an aromatic ring is 1. The van der Waals surface area contributed by atoms with Crippen LogP contribution >= 0.6 is 12.4 Å². The molecule has 144 valence electrons. The summed E-state index contributed by atoms with van der Waals surface area (Å²) in [6, 6.07) is 12.2. The maximum atomic E-state index is 12.4. The van der Waals surface area contributed by atoms with E-state index < -0.39 is 0 Å². The number of ether oxygens (including phenoxy) is 1. The number of nitrogens with two attached hydrogens (primary N) is 1. The molecule has 0 bridgehead atoms. The first kappa shape index (κ1) is 20.7. The Balaban J connectivity index is 0.00000261. The van der Waals surface area contributed by atoms with Crippen LogP contribution < -0.4 is 16.4 Å². The Kier molecular flexibility index (Phi) is 7.21. The fourth-order valence-corrected chi connectivity index (χ4v) is 2.90. The van der Waals surface area contributed by atoms with Gasteiger partial charge >= 0.3 is 0 Å². The standard InChI is InChI=1S/C20H23N3O3.ClH/c1-13-2-5-15(21)12-18(13)20(25)23-16-6-3-14(4-7-16)19(24)22-17-8-10-26-11-9-17;/h2-7,12,17H,8-11,21H2,1H3,(H,22,24)(H,23,25);1H. The van der Waals surface area contributed by atoms with Crippen LogP contribution in [0.25, 0.3) is 0 Å². The number of nitrogens with one attached hydrogen (secondary N) is 2. The lowest BCUT2D eigenvalue weighted by molar-refractivity contribution is 0.0696.